The Morgan fingerprint density at radius 2 is 1.77 bits per heavy atom. The van der Waals surface area contributed by atoms with E-state index in [0.29, 0.717) is 6.54 Å². The number of hydrogen-bond donors (Lipinski definition) is 1. The molecule has 2 saturated heterocycles. The molecule has 1 amide bonds. The summed E-state index contributed by atoms with van der Waals surface area (Å²) in [6.45, 7) is 11.1. The van der Waals surface area contributed by atoms with Gasteiger partial charge in [-0.05, 0) is 44.4 Å². The van der Waals surface area contributed by atoms with Gasteiger partial charge in [0, 0.05) is 45.8 Å². The Kier molecular flexibility index (Phi) is 8.65. The molecule has 1 N–H and O–H groups in total. The monoisotopic (exact) mass is 543 g/mol. The highest BCUT2D eigenvalue weighted by molar-refractivity contribution is 14.0. The first-order valence-electron chi connectivity index (χ1n) is 11.1. The quantitative estimate of drug-likeness (QED) is 0.349. The number of nitrogens with one attached hydrogen (secondary N) is 1. The van der Waals surface area contributed by atoms with Crippen molar-refractivity contribution >= 4 is 35.8 Å². The number of aliphatic imine (C=N–C) groups is 1. The molecule has 1 aromatic rings. The van der Waals surface area contributed by atoms with Crippen molar-refractivity contribution in [3.63, 3.8) is 0 Å². The van der Waals surface area contributed by atoms with Crippen LogP contribution in [0.25, 0.3) is 0 Å². The van der Waals surface area contributed by atoms with Crippen LogP contribution in [0, 0.1) is 0 Å². The fourth-order valence-electron chi connectivity index (χ4n) is 4.31. The lowest BCUT2D eigenvalue weighted by Crippen LogP contribution is -2.57. The molecule has 31 heavy (non-hydrogen) atoms. The maximum Gasteiger partial charge on any atom is 0.239 e. The lowest BCUT2D eigenvalue weighted by atomic mass is 10.2. The molecule has 1 atom stereocenters. The van der Waals surface area contributed by atoms with E-state index in [1.807, 2.05) is 23.1 Å². The van der Waals surface area contributed by atoms with E-state index in [1.54, 1.807) is 0 Å². The summed E-state index contributed by atoms with van der Waals surface area (Å²) in [4.78, 5) is 24.2. The Labute approximate surface area is 202 Å². The van der Waals surface area contributed by atoms with Gasteiger partial charge in [-0.3, -0.25) is 9.69 Å². The Morgan fingerprint density at radius 1 is 1.06 bits per heavy atom. The Hall–Kier alpha value is -1.75. The summed E-state index contributed by atoms with van der Waals surface area (Å²) in [5.74, 6) is 2.79. The standard InChI is InChI=1S/C22H33N5O3.HI/c1-3-23-22(24-15-18-6-7-19-20(14-18)30-16-29-19)27-12-10-25(11-13-27)17(2)21(28)26-8-4-5-9-26;/h6-7,14,17H,3-5,8-13,15-16H2,1-2H3,(H,23,24);1H. The second-order valence-corrected chi connectivity index (χ2v) is 8.09. The fraction of sp³-hybridized carbons (Fsp3) is 0.636. The molecule has 172 valence electrons. The molecule has 2 fully saturated rings. The summed E-state index contributed by atoms with van der Waals surface area (Å²) in [5, 5.41) is 3.41. The summed E-state index contributed by atoms with van der Waals surface area (Å²) >= 11 is 0. The van der Waals surface area contributed by atoms with Gasteiger partial charge in [0.2, 0.25) is 12.7 Å². The summed E-state index contributed by atoms with van der Waals surface area (Å²) in [5.41, 5.74) is 1.10. The van der Waals surface area contributed by atoms with Crippen molar-refractivity contribution in [2.75, 3.05) is 52.6 Å². The molecule has 1 aromatic carbocycles. The van der Waals surface area contributed by atoms with Crippen molar-refractivity contribution in [3.8, 4) is 11.5 Å². The summed E-state index contributed by atoms with van der Waals surface area (Å²) in [7, 11) is 0. The van der Waals surface area contributed by atoms with Crippen LogP contribution in [0.15, 0.2) is 23.2 Å². The zero-order chi connectivity index (χ0) is 20.9. The van der Waals surface area contributed by atoms with Crippen LogP contribution in [0.2, 0.25) is 0 Å². The molecular formula is C22H34IN5O3. The van der Waals surface area contributed by atoms with Gasteiger partial charge in [-0.15, -0.1) is 24.0 Å². The fourth-order valence-corrected chi connectivity index (χ4v) is 4.31. The second-order valence-electron chi connectivity index (χ2n) is 8.09. The number of piperazine rings is 1. The minimum absolute atomic E-state index is 0. The smallest absolute Gasteiger partial charge is 0.239 e. The largest absolute Gasteiger partial charge is 0.454 e. The number of nitrogens with zero attached hydrogens (tertiary/aromatic N) is 4. The van der Waals surface area contributed by atoms with E-state index >= 15 is 0 Å². The second kappa shape index (κ2) is 11.2. The molecule has 0 saturated carbocycles. The van der Waals surface area contributed by atoms with Gasteiger partial charge in [-0.25, -0.2) is 4.99 Å². The number of likely N-dealkylation sites (tertiary alicyclic amines) is 1. The van der Waals surface area contributed by atoms with Crippen molar-refractivity contribution in [3.05, 3.63) is 23.8 Å². The lowest BCUT2D eigenvalue weighted by Gasteiger charge is -2.39. The van der Waals surface area contributed by atoms with Crippen molar-refractivity contribution in [2.45, 2.75) is 39.3 Å². The minimum atomic E-state index is -0.0431. The van der Waals surface area contributed by atoms with Crippen LogP contribution in [0.4, 0.5) is 0 Å². The van der Waals surface area contributed by atoms with Gasteiger partial charge in [-0.1, -0.05) is 6.07 Å². The number of carbonyl (C=O) groups excluding carboxylic acids is 1. The summed E-state index contributed by atoms with van der Waals surface area (Å²) < 4.78 is 10.8. The maximum absolute atomic E-state index is 12.7. The molecule has 0 aliphatic carbocycles. The molecule has 3 aliphatic rings. The van der Waals surface area contributed by atoms with Gasteiger partial charge in [0.1, 0.15) is 0 Å². The number of guanidine groups is 1. The number of fused-ring (bicyclic) bond motifs is 1. The van der Waals surface area contributed by atoms with Gasteiger partial charge in [-0.2, -0.15) is 0 Å². The maximum atomic E-state index is 12.7. The van der Waals surface area contributed by atoms with Crippen LogP contribution in [-0.4, -0.2) is 85.2 Å². The van der Waals surface area contributed by atoms with Gasteiger partial charge in [0.25, 0.3) is 0 Å². The predicted octanol–water partition coefficient (Wildman–Crippen LogP) is 2.13. The van der Waals surface area contributed by atoms with E-state index in [-0.39, 0.29) is 42.7 Å². The number of amides is 1. The molecule has 3 aliphatic heterocycles. The van der Waals surface area contributed by atoms with Crippen molar-refractivity contribution in [1.82, 2.24) is 20.0 Å². The van der Waals surface area contributed by atoms with Crippen molar-refractivity contribution in [2.24, 2.45) is 4.99 Å². The van der Waals surface area contributed by atoms with Crippen LogP contribution in [-0.2, 0) is 11.3 Å². The number of ether oxygens (including phenoxy) is 2. The Morgan fingerprint density at radius 3 is 2.48 bits per heavy atom. The number of hydrogen-bond acceptors (Lipinski definition) is 5. The topological polar surface area (TPSA) is 69.6 Å². The van der Waals surface area contributed by atoms with Crippen LogP contribution in [0.1, 0.15) is 32.3 Å². The SMILES string of the molecule is CCNC(=NCc1ccc2c(c1)OCO2)N1CCN(C(C)C(=O)N2CCCC2)CC1.I. The third-order valence-corrected chi connectivity index (χ3v) is 6.12. The van der Waals surface area contributed by atoms with E-state index in [4.69, 9.17) is 14.5 Å². The number of rotatable bonds is 5. The number of carbonyl (C=O) groups is 1. The zero-order valence-electron chi connectivity index (χ0n) is 18.5. The highest BCUT2D eigenvalue weighted by atomic mass is 127. The highest BCUT2D eigenvalue weighted by Gasteiger charge is 2.30. The first kappa shape index (κ1) is 23.9. The zero-order valence-corrected chi connectivity index (χ0v) is 20.8. The molecule has 3 heterocycles. The molecule has 8 nitrogen and oxygen atoms in total. The third kappa shape index (κ3) is 5.74. The first-order chi connectivity index (χ1) is 14.7. The van der Waals surface area contributed by atoms with E-state index in [0.717, 1.165) is 81.7 Å². The van der Waals surface area contributed by atoms with Crippen LogP contribution >= 0.6 is 24.0 Å². The first-order valence-corrected chi connectivity index (χ1v) is 11.1. The van der Waals surface area contributed by atoms with Gasteiger partial charge < -0.3 is 24.6 Å². The van der Waals surface area contributed by atoms with Crippen LogP contribution in [0.5, 0.6) is 11.5 Å². The number of benzene rings is 1. The normalized spacial score (nSPS) is 19.9. The minimum Gasteiger partial charge on any atom is -0.454 e. The van der Waals surface area contributed by atoms with Crippen LogP contribution in [0.3, 0.4) is 0 Å². The molecule has 0 spiro atoms. The predicted molar refractivity (Wildman–Crippen MR) is 131 cm³/mol. The Balaban J connectivity index is 0.00000272. The molecule has 4 rings (SSSR count). The Bertz CT molecular complexity index is 776. The highest BCUT2D eigenvalue weighted by Crippen LogP contribution is 2.32. The van der Waals surface area contributed by atoms with E-state index in [2.05, 4.69) is 29.0 Å². The molecular weight excluding hydrogens is 509 g/mol. The van der Waals surface area contributed by atoms with Gasteiger partial charge >= 0.3 is 0 Å². The average molecular weight is 543 g/mol. The molecule has 1 unspecified atom stereocenters. The molecule has 9 heteroatoms. The van der Waals surface area contributed by atoms with Crippen molar-refractivity contribution in [1.29, 1.82) is 0 Å². The van der Waals surface area contributed by atoms with Gasteiger partial charge in [0.05, 0.1) is 12.6 Å². The van der Waals surface area contributed by atoms with E-state index < -0.39 is 0 Å². The molecule has 0 radical (unpaired) electrons. The molecule has 0 aromatic heterocycles. The van der Waals surface area contributed by atoms with Crippen molar-refractivity contribution < 1.29 is 14.3 Å². The number of halogens is 1. The lowest BCUT2D eigenvalue weighted by molar-refractivity contribution is -0.135. The van der Waals surface area contributed by atoms with E-state index in [9.17, 15) is 4.79 Å². The summed E-state index contributed by atoms with van der Waals surface area (Å²) in [6, 6.07) is 5.93. The third-order valence-electron chi connectivity index (χ3n) is 6.12. The summed E-state index contributed by atoms with van der Waals surface area (Å²) in [6.07, 6.45) is 2.27. The van der Waals surface area contributed by atoms with Gasteiger partial charge in [0.15, 0.2) is 17.5 Å². The van der Waals surface area contributed by atoms with Crippen LogP contribution < -0.4 is 14.8 Å². The molecule has 0 bridgehead atoms. The van der Waals surface area contributed by atoms with E-state index in [1.165, 1.54) is 0 Å². The average Bonchev–Trinajstić information content (AvgIpc) is 3.47.